The third-order valence-electron chi connectivity index (χ3n) is 3.11. The molecular formula is C18H19FN2O3. The Balaban J connectivity index is 1.86. The number of anilines is 1. The van der Waals surface area contributed by atoms with E-state index in [0.717, 1.165) is 11.3 Å². The molecule has 24 heavy (non-hydrogen) atoms. The SMILES string of the molecule is CCOc1ccc(/C=N\O[C@H](C)C(=O)Nc2ccccc2F)cc1. The Hall–Kier alpha value is -2.89. The highest BCUT2D eigenvalue weighted by atomic mass is 19.1. The van der Waals surface area contributed by atoms with Crippen LogP contribution in [0.4, 0.5) is 10.1 Å². The summed E-state index contributed by atoms with van der Waals surface area (Å²) in [7, 11) is 0. The van der Waals surface area contributed by atoms with Gasteiger partial charge >= 0.3 is 0 Å². The Morgan fingerprint density at radius 2 is 1.96 bits per heavy atom. The zero-order valence-electron chi connectivity index (χ0n) is 13.5. The van der Waals surface area contributed by atoms with E-state index in [-0.39, 0.29) is 5.69 Å². The highest BCUT2D eigenvalue weighted by Crippen LogP contribution is 2.13. The van der Waals surface area contributed by atoms with Crippen molar-refractivity contribution in [3.05, 3.63) is 59.9 Å². The van der Waals surface area contributed by atoms with Crippen molar-refractivity contribution >= 4 is 17.8 Å². The number of para-hydroxylation sites is 1. The van der Waals surface area contributed by atoms with Gasteiger partial charge in [-0.3, -0.25) is 4.79 Å². The fourth-order valence-electron chi connectivity index (χ4n) is 1.84. The van der Waals surface area contributed by atoms with E-state index in [9.17, 15) is 9.18 Å². The Morgan fingerprint density at radius 1 is 1.25 bits per heavy atom. The van der Waals surface area contributed by atoms with Crippen LogP contribution in [-0.2, 0) is 9.63 Å². The number of nitrogens with zero attached hydrogens (tertiary/aromatic N) is 1. The van der Waals surface area contributed by atoms with Crippen LogP contribution in [0, 0.1) is 5.82 Å². The smallest absolute Gasteiger partial charge is 0.268 e. The van der Waals surface area contributed by atoms with Gasteiger partial charge in [-0.25, -0.2) is 4.39 Å². The van der Waals surface area contributed by atoms with Crippen molar-refractivity contribution in [1.82, 2.24) is 0 Å². The number of carbonyl (C=O) groups is 1. The van der Waals surface area contributed by atoms with Crippen molar-refractivity contribution in [2.24, 2.45) is 5.16 Å². The fraction of sp³-hybridized carbons (Fsp3) is 0.222. The molecule has 0 spiro atoms. The minimum absolute atomic E-state index is 0.105. The van der Waals surface area contributed by atoms with E-state index in [1.807, 2.05) is 31.2 Å². The second-order valence-electron chi connectivity index (χ2n) is 4.95. The lowest BCUT2D eigenvalue weighted by Crippen LogP contribution is -2.26. The second-order valence-corrected chi connectivity index (χ2v) is 4.95. The van der Waals surface area contributed by atoms with Gasteiger partial charge in [0.05, 0.1) is 18.5 Å². The van der Waals surface area contributed by atoms with Gasteiger partial charge in [-0.05, 0) is 55.8 Å². The minimum atomic E-state index is -0.858. The molecule has 0 aromatic heterocycles. The summed E-state index contributed by atoms with van der Waals surface area (Å²) in [6, 6.07) is 13.2. The molecule has 0 saturated heterocycles. The van der Waals surface area contributed by atoms with Crippen LogP contribution in [0.15, 0.2) is 53.7 Å². The number of rotatable bonds is 7. The molecule has 126 valence electrons. The van der Waals surface area contributed by atoms with Gasteiger partial charge in [-0.2, -0.15) is 0 Å². The lowest BCUT2D eigenvalue weighted by Gasteiger charge is -2.10. The first-order valence-electron chi connectivity index (χ1n) is 7.57. The van der Waals surface area contributed by atoms with Gasteiger partial charge in [-0.15, -0.1) is 0 Å². The van der Waals surface area contributed by atoms with Crippen LogP contribution in [0.5, 0.6) is 5.75 Å². The number of amides is 1. The number of ether oxygens (including phenoxy) is 1. The van der Waals surface area contributed by atoms with Gasteiger partial charge in [0.2, 0.25) is 6.10 Å². The molecule has 1 N–H and O–H groups in total. The molecule has 0 aliphatic heterocycles. The Bertz CT molecular complexity index is 702. The van der Waals surface area contributed by atoms with Crippen molar-refractivity contribution in [2.45, 2.75) is 20.0 Å². The summed E-state index contributed by atoms with van der Waals surface area (Å²) in [5.41, 5.74) is 0.911. The molecule has 2 aromatic rings. The van der Waals surface area contributed by atoms with E-state index >= 15 is 0 Å². The van der Waals surface area contributed by atoms with E-state index < -0.39 is 17.8 Å². The van der Waals surface area contributed by atoms with Crippen molar-refractivity contribution < 1.29 is 18.8 Å². The third kappa shape index (κ3) is 5.08. The highest BCUT2D eigenvalue weighted by molar-refractivity contribution is 5.94. The number of hydrogen-bond acceptors (Lipinski definition) is 4. The molecule has 2 aromatic carbocycles. The molecule has 6 heteroatoms. The second kappa shape index (κ2) is 8.67. The molecule has 0 saturated carbocycles. The largest absolute Gasteiger partial charge is 0.494 e. The van der Waals surface area contributed by atoms with Crippen molar-refractivity contribution in [3.63, 3.8) is 0 Å². The van der Waals surface area contributed by atoms with Crippen LogP contribution in [0.2, 0.25) is 0 Å². The summed E-state index contributed by atoms with van der Waals surface area (Å²) in [4.78, 5) is 17.0. The lowest BCUT2D eigenvalue weighted by molar-refractivity contribution is -0.126. The van der Waals surface area contributed by atoms with Gasteiger partial charge in [0.15, 0.2) is 0 Å². The summed E-state index contributed by atoms with van der Waals surface area (Å²) < 4.78 is 18.8. The first-order valence-corrected chi connectivity index (χ1v) is 7.57. The molecule has 0 radical (unpaired) electrons. The fourth-order valence-corrected chi connectivity index (χ4v) is 1.84. The van der Waals surface area contributed by atoms with Crippen molar-refractivity contribution in [3.8, 4) is 5.75 Å². The van der Waals surface area contributed by atoms with Crippen LogP contribution in [0.1, 0.15) is 19.4 Å². The summed E-state index contributed by atoms with van der Waals surface area (Å²) in [6.45, 7) is 4.05. The molecular weight excluding hydrogens is 311 g/mol. The summed E-state index contributed by atoms with van der Waals surface area (Å²) in [5.74, 6) is -0.215. The Labute approximate surface area is 140 Å². The van der Waals surface area contributed by atoms with E-state index in [2.05, 4.69) is 10.5 Å². The maximum absolute atomic E-state index is 13.5. The van der Waals surface area contributed by atoms with Crippen LogP contribution in [0.25, 0.3) is 0 Å². The van der Waals surface area contributed by atoms with Crippen LogP contribution in [-0.4, -0.2) is 24.8 Å². The maximum atomic E-state index is 13.5. The average Bonchev–Trinajstić information content (AvgIpc) is 2.58. The molecule has 0 aliphatic rings. The Morgan fingerprint density at radius 3 is 2.62 bits per heavy atom. The molecule has 0 unspecified atom stereocenters. The molecule has 0 aliphatic carbocycles. The van der Waals surface area contributed by atoms with Gasteiger partial charge < -0.3 is 14.9 Å². The van der Waals surface area contributed by atoms with Crippen LogP contribution < -0.4 is 10.1 Å². The van der Waals surface area contributed by atoms with Gasteiger partial charge in [0.1, 0.15) is 11.6 Å². The topological polar surface area (TPSA) is 59.9 Å². The number of oxime groups is 1. The molecule has 2 rings (SSSR count). The van der Waals surface area contributed by atoms with Gasteiger partial charge in [-0.1, -0.05) is 17.3 Å². The van der Waals surface area contributed by atoms with E-state index in [1.54, 1.807) is 12.1 Å². The molecule has 1 atom stereocenters. The summed E-state index contributed by atoms with van der Waals surface area (Å²) in [5, 5.41) is 6.23. The van der Waals surface area contributed by atoms with E-state index in [1.165, 1.54) is 25.3 Å². The standard InChI is InChI=1S/C18H19FN2O3/c1-3-23-15-10-8-14(9-11-15)12-20-24-13(2)18(22)21-17-7-5-4-6-16(17)19/h4-13H,3H2,1-2H3,(H,21,22)/b20-12-/t13-/m1/s1. The first kappa shape index (κ1) is 17.5. The molecule has 1 amide bonds. The predicted octanol–water partition coefficient (Wildman–Crippen LogP) is 3.60. The number of benzene rings is 2. The zero-order valence-corrected chi connectivity index (χ0v) is 13.5. The number of carbonyl (C=O) groups excluding carboxylic acids is 1. The normalized spacial score (nSPS) is 12.0. The molecule has 0 heterocycles. The molecule has 0 bridgehead atoms. The number of nitrogens with one attached hydrogen (secondary N) is 1. The van der Waals surface area contributed by atoms with Crippen molar-refractivity contribution in [2.75, 3.05) is 11.9 Å². The van der Waals surface area contributed by atoms with Gasteiger partial charge in [0.25, 0.3) is 5.91 Å². The number of hydrogen-bond donors (Lipinski definition) is 1. The number of halogens is 1. The summed E-state index contributed by atoms with van der Waals surface area (Å²) in [6.07, 6.45) is 0.631. The molecule has 5 nitrogen and oxygen atoms in total. The predicted molar refractivity (Wildman–Crippen MR) is 90.8 cm³/mol. The van der Waals surface area contributed by atoms with Crippen molar-refractivity contribution in [1.29, 1.82) is 0 Å². The maximum Gasteiger partial charge on any atom is 0.268 e. The van der Waals surface area contributed by atoms with E-state index in [4.69, 9.17) is 9.57 Å². The molecule has 0 fully saturated rings. The minimum Gasteiger partial charge on any atom is -0.494 e. The first-order chi connectivity index (χ1) is 11.6. The Kier molecular flexibility index (Phi) is 6.31. The van der Waals surface area contributed by atoms with Crippen LogP contribution >= 0.6 is 0 Å². The van der Waals surface area contributed by atoms with E-state index in [0.29, 0.717) is 6.61 Å². The zero-order chi connectivity index (χ0) is 17.4. The van der Waals surface area contributed by atoms with Gasteiger partial charge in [0, 0.05) is 0 Å². The average molecular weight is 330 g/mol. The monoisotopic (exact) mass is 330 g/mol. The van der Waals surface area contributed by atoms with Crippen LogP contribution in [0.3, 0.4) is 0 Å². The quantitative estimate of drug-likeness (QED) is 0.623. The summed E-state index contributed by atoms with van der Waals surface area (Å²) >= 11 is 0. The third-order valence-corrected chi connectivity index (χ3v) is 3.11. The lowest BCUT2D eigenvalue weighted by atomic mass is 10.2. The highest BCUT2D eigenvalue weighted by Gasteiger charge is 2.15.